The highest BCUT2D eigenvalue weighted by Crippen LogP contribution is 2.40. The van der Waals surface area contributed by atoms with Crippen LogP contribution in [0.25, 0.3) is 11.1 Å². The largest absolute Gasteiger partial charge is 0.416 e. The number of likely N-dealkylation sites (tertiary alicyclic amines) is 1. The van der Waals surface area contributed by atoms with Gasteiger partial charge >= 0.3 is 6.18 Å². The molecule has 0 radical (unpaired) electrons. The van der Waals surface area contributed by atoms with Crippen LogP contribution in [-0.2, 0) is 6.18 Å². The summed E-state index contributed by atoms with van der Waals surface area (Å²) in [5.41, 5.74) is 7.77. The minimum absolute atomic E-state index is 0. The second-order valence-electron chi connectivity index (χ2n) is 6.59. The van der Waals surface area contributed by atoms with Gasteiger partial charge in [0.15, 0.2) is 0 Å². The number of rotatable bonds is 5. The molecule has 2 N–H and O–H groups in total. The lowest BCUT2D eigenvalue weighted by Crippen LogP contribution is -2.64. The van der Waals surface area contributed by atoms with Crippen molar-refractivity contribution in [3.05, 3.63) is 72.3 Å². The lowest BCUT2D eigenvalue weighted by molar-refractivity contribution is -0.137. The Hall–Kier alpha value is -2.62. The van der Waals surface area contributed by atoms with E-state index in [-0.39, 0.29) is 25.4 Å². The fraction of sp³-hybridized carbons (Fsp3) is 0.318. The number of hydrogen-bond donors (Lipinski definition) is 1. The Morgan fingerprint density at radius 3 is 2.04 bits per heavy atom. The van der Waals surface area contributed by atoms with Gasteiger partial charge in [-0.1, -0.05) is 49.9 Å². The number of nitrogens with zero attached hydrogens (tertiary/aromatic N) is 2. The SMILES string of the molecule is C.C=CCN1C(C#N)C(c2ccc(-c3ccc(C(F)(F)F)cc3)cc2)C1CN. The Morgan fingerprint density at radius 2 is 1.61 bits per heavy atom. The molecule has 1 aliphatic heterocycles. The monoisotopic (exact) mass is 387 g/mol. The van der Waals surface area contributed by atoms with Crippen LogP contribution in [0.5, 0.6) is 0 Å². The molecule has 28 heavy (non-hydrogen) atoms. The van der Waals surface area contributed by atoms with Gasteiger partial charge in [-0.15, -0.1) is 6.58 Å². The molecule has 0 amide bonds. The van der Waals surface area contributed by atoms with E-state index >= 15 is 0 Å². The van der Waals surface area contributed by atoms with E-state index in [4.69, 9.17) is 5.73 Å². The predicted molar refractivity (Wildman–Crippen MR) is 105 cm³/mol. The first-order valence-electron chi connectivity index (χ1n) is 8.64. The Labute approximate surface area is 163 Å². The molecule has 3 unspecified atom stereocenters. The molecule has 2 aromatic rings. The van der Waals surface area contributed by atoms with Crippen molar-refractivity contribution < 1.29 is 13.2 Å². The van der Waals surface area contributed by atoms with Gasteiger partial charge in [0.05, 0.1) is 11.6 Å². The lowest BCUT2D eigenvalue weighted by Gasteiger charge is -2.51. The normalized spacial score (nSPS) is 21.9. The molecule has 1 heterocycles. The summed E-state index contributed by atoms with van der Waals surface area (Å²) in [5.74, 6) is 0.0154. The van der Waals surface area contributed by atoms with Crippen LogP contribution >= 0.6 is 0 Å². The summed E-state index contributed by atoms with van der Waals surface area (Å²) in [6.45, 7) is 4.78. The van der Waals surface area contributed by atoms with Crippen LogP contribution in [0, 0.1) is 11.3 Å². The van der Waals surface area contributed by atoms with E-state index in [0.29, 0.717) is 18.7 Å². The maximum atomic E-state index is 12.7. The fourth-order valence-corrected chi connectivity index (χ4v) is 3.72. The van der Waals surface area contributed by atoms with Gasteiger partial charge in [-0.2, -0.15) is 18.4 Å². The van der Waals surface area contributed by atoms with Crippen molar-refractivity contribution in [1.82, 2.24) is 4.90 Å². The van der Waals surface area contributed by atoms with Gasteiger partial charge in [-0.25, -0.2) is 0 Å². The molecule has 0 saturated carbocycles. The van der Waals surface area contributed by atoms with Gasteiger partial charge in [0.1, 0.15) is 6.04 Å². The average molecular weight is 387 g/mol. The molecule has 0 aromatic heterocycles. The van der Waals surface area contributed by atoms with Crippen molar-refractivity contribution in [2.24, 2.45) is 5.73 Å². The zero-order valence-electron chi connectivity index (χ0n) is 14.7. The van der Waals surface area contributed by atoms with Crippen LogP contribution in [0.2, 0.25) is 0 Å². The van der Waals surface area contributed by atoms with Gasteiger partial charge in [0.25, 0.3) is 0 Å². The Balaban J connectivity index is 0.00000280. The molecular weight excluding hydrogens is 363 g/mol. The lowest BCUT2D eigenvalue weighted by atomic mass is 9.75. The summed E-state index contributed by atoms with van der Waals surface area (Å²) in [4.78, 5) is 2.03. The maximum Gasteiger partial charge on any atom is 0.416 e. The Bertz CT molecular complexity index is 835. The highest BCUT2D eigenvalue weighted by Gasteiger charge is 2.47. The van der Waals surface area contributed by atoms with E-state index in [0.717, 1.165) is 23.3 Å². The van der Waals surface area contributed by atoms with Crippen LogP contribution in [0.4, 0.5) is 13.2 Å². The first-order chi connectivity index (χ1) is 12.9. The molecule has 148 valence electrons. The third-order valence-corrected chi connectivity index (χ3v) is 5.09. The number of alkyl halides is 3. The standard InChI is InChI=1S/C21H20F3N3.CH4/c1-2-11-27-18(12-25)20(19(27)13-26)16-5-3-14(4-6-16)15-7-9-17(10-8-15)21(22,23)24;/h2-10,18-20H,1,11-12,25H2;1H4. The second-order valence-corrected chi connectivity index (χ2v) is 6.59. The zero-order chi connectivity index (χ0) is 19.6. The van der Waals surface area contributed by atoms with Crippen LogP contribution in [0.3, 0.4) is 0 Å². The molecule has 0 aliphatic carbocycles. The third-order valence-electron chi connectivity index (χ3n) is 5.09. The zero-order valence-corrected chi connectivity index (χ0v) is 14.7. The van der Waals surface area contributed by atoms with E-state index in [1.807, 2.05) is 29.2 Å². The molecule has 1 aliphatic rings. The topological polar surface area (TPSA) is 53.0 Å². The molecule has 1 saturated heterocycles. The molecule has 6 heteroatoms. The summed E-state index contributed by atoms with van der Waals surface area (Å²) in [6.07, 6.45) is -2.58. The van der Waals surface area contributed by atoms with E-state index in [2.05, 4.69) is 12.6 Å². The van der Waals surface area contributed by atoms with Crippen molar-refractivity contribution in [2.45, 2.75) is 31.6 Å². The first-order valence-corrected chi connectivity index (χ1v) is 8.64. The number of benzene rings is 2. The quantitative estimate of drug-likeness (QED) is 0.749. The summed E-state index contributed by atoms with van der Waals surface area (Å²) in [5, 5.41) is 9.49. The van der Waals surface area contributed by atoms with Crippen molar-refractivity contribution >= 4 is 0 Å². The molecule has 1 fully saturated rings. The Morgan fingerprint density at radius 1 is 1.07 bits per heavy atom. The van der Waals surface area contributed by atoms with E-state index < -0.39 is 11.7 Å². The number of nitriles is 1. The van der Waals surface area contributed by atoms with Gasteiger partial charge < -0.3 is 5.73 Å². The summed E-state index contributed by atoms with van der Waals surface area (Å²) in [7, 11) is 0. The number of halogens is 3. The highest BCUT2D eigenvalue weighted by molar-refractivity contribution is 5.64. The van der Waals surface area contributed by atoms with Gasteiger partial charge in [0.2, 0.25) is 0 Å². The molecule has 0 bridgehead atoms. The first kappa shape index (κ1) is 21.7. The summed E-state index contributed by atoms with van der Waals surface area (Å²) in [6, 6.07) is 14.8. The number of nitrogens with two attached hydrogens (primary N) is 1. The maximum absolute atomic E-state index is 12.7. The van der Waals surface area contributed by atoms with E-state index in [9.17, 15) is 18.4 Å². The highest BCUT2D eigenvalue weighted by atomic mass is 19.4. The van der Waals surface area contributed by atoms with Crippen molar-refractivity contribution in [2.75, 3.05) is 13.1 Å². The van der Waals surface area contributed by atoms with Crippen molar-refractivity contribution in [3.63, 3.8) is 0 Å². The van der Waals surface area contributed by atoms with Crippen LogP contribution in [0.15, 0.2) is 61.2 Å². The molecule has 3 rings (SSSR count). The van der Waals surface area contributed by atoms with Crippen molar-refractivity contribution in [3.8, 4) is 17.2 Å². The van der Waals surface area contributed by atoms with Gasteiger partial charge in [-0.3, -0.25) is 4.90 Å². The predicted octanol–water partition coefficient (Wildman–Crippen LogP) is 4.81. The molecule has 2 aromatic carbocycles. The molecule has 0 spiro atoms. The number of hydrogen-bond acceptors (Lipinski definition) is 3. The second kappa shape index (κ2) is 8.59. The Kier molecular flexibility index (Phi) is 6.65. The summed E-state index contributed by atoms with van der Waals surface area (Å²) < 4.78 is 38.1. The third kappa shape index (κ3) is 3.96. The van der Waals surface area contributed by atoms with Crippen molar-refractivity contribution in [1.29, 1.82) is 5.26 Å². The average Bonchev–Trinajstić information content (AvgIpc) is 2.65. The molecular formula is C22H24F3N3. The summed E-state index contributed by atoms with van der Waals surface area (Å²) >= 11 is 0. The van der Waals surface area contributed by atoms with E-state index in [1.54, 1.807) is 6.08 Å². The molecule has 3 atom stereocenters. The van der Waals surface area contributed by atoms with Gasteiger partial charge in [-0.05, 0) is 28.8 Å². The van der Waals surface area contributed by atoms with Crippen LogP contribution in [-0.4, -0.2) is 30.1 Å². The van der Waals surface area contributed by atoms with Gasteiger partial charge in [0, 0.05) is 25.0 Å². The van der Waals surface area contributed by atoms with E-state index in [1.165, 1.54) is 12.1 Å². The minimum Gasteiger partial charge on any atom is -0.329 e. The van der Waals surface area contributed by atoms with Crippen LogP contribution in [0.1, 0.15) is 24.5 Å². The van der Waals surface area contributed by atoms with Crippen LogP contribution < -0.4 is 5.73 Å². The molecule has 3 nitrogen and oxygen atoms in total. The fourth-order valence-electron chi connectivity index (χ4n) is 3.72. The minimum atomic E-state index is -4.34. The smallest absolute Gasteiger partial charge is 0.329 e.